The smallest absolute Gasteiger partial charge is 0.267 e. The number of hydroxylamine groups is 2. The third kappa shape index (κ3) is 6.98. The lowest BCUT2D eigenvalue weighted by atomic mass is 10.0. The Morgan fingerprint density at radius 3 is 2.76 bits per heavy atom. The molecule has 1 atom stereocenters. The molecule has 13 heteroatoms. The zero-order valence-corrected chi connectivity index (χ0v) is 20.1. The second-order valence-electron chi connectivity index (χ2n) is 8.68. The van der Waals surface area contributed by atoms with E-state index in [2.05, 4.69) is 20.8 Å². The molecular weight excluding hydrogens is 469 g/mol. The SMILES string of the molecule is CN(C)C[C@@H]1COCCN1c1nc(Cl)nc(NNC(=O)/C(=C\C2CCCC2)CN(O)C=O)c1F. The number of carbonyl (C=O) groups excluding carboxylic acids is 2. The second-order valence-corrected chi connectivity index (χ2v) is 9.02. The van der Waals surface area contributed by atoms with Crippen LogP contribution in [0, 0.1) is 11.7 Å². The molecular formula is C21H31ClFN7O4. The van der Waals surface area contributed by atoms with E-state index in [1.54, 1.807) is 11.0 Å². The summed E-state index contributed by atoms with van der Waals surface area (Å²) < 4.78 is 20.9. The van der Waals surface area contributed by atoms with Crippen molar-refractivity contribution in [2.75, 3.05) is 57.3 Å². The molecule has 2 aliphatic rings. The number of amides is 2. The van der Waals surface area contributed by atoms with Crippen LogP contribution >= 0.6 is 11.6 Å². The minimum atomic E-state index is -0.770. The molecule has 0 bridgehead atoms. The maximum Gasteiger partial charge on any atom is 0.267 e. The summed E-state index contributed by atoms with van der Waals surface area (Å²) in [7, 11) is 3.82. The molecule has 0 radical (unpaired) electrons. The largest absolute Gasteiger partial charge is 0.377 e. The number of hydrogen-bond donors (Lipinski definition) is 3. The van der Waals surface area contributed by atoms with Gasteiger partial charge in [0, 0.05) is 18.7 Å². The van der Waals surface area contributed by atoms with Gasteiger partial charge < -0.3 is 14.5 Å². The van der Waals surface area contributed by atoms with Gasteiger partial charge in [-0.1, -0.05) is 18.9 Å². The van der Waals surface area contributed by atoms with Gasteiger partial charge in [-0.15, -0.1) is 0 Å². The summed E-state index contributed by atoms with van der Waals surface area (Å²) in [5.74, 6) is -1.51. The van der Waals surface area contributed by atoms with Gasteiger partial charge in [0.2, 0.25) is 17.5 Å². The van der Waals surface area contributed by atoms with Crippen molar-refractivity contribution >= 4 is 35.6 Å². The highest BCUT2D eigenvalue weighted by Crippen LogP contribution is 2.28. The number of aromatic nitrogens is 2. The van der Waals surface area contributed by atoms with Gasteiger partial charge in [-0.05, 0) is 44.5 Å². The van der Waals surface area contributed by atoms with Crippen molar-refractivity contribution in [3.63, 3.8) is 0 Å². The first-order chi connectivity index (χ1) is 16.3. The maximum atomic E-state index is 15.4. The van der Waals surface area contributed by atoms with E-state index in [0.29, 0.717) is 31.4 Å². The lowest BCUT2D eigenvalue weighted by molar-refractivity contribution is -0.148. The van der Waals surface area contributed by atoms with Gasteiger partial charge in [0.1, 0.15) is 0 Å². The highest BCUT2D eigenvalue weighted by molar-refractivity contribution is 6.28. The van der Waals surface area contributed by atoms with Crippen molar-refractivity contribution in [3.8, 4) is 0 Å². The average Bonchev–Trinajstić information content (AvgIpc) is 3.32. The highest BCUT2D eigenvalue weighted by atomic mass is 35.5. The van der Waals surface area contributed by atoms with Crippen LogP contribution in [-0.2, 0) is 14.3 Å². The predicted octanol–water partition coefficient (Wildman–Crippen LogP) is 1.44. The topological polar surface area (TPSA) is 123 Å². The lowest BCUT2D eigenvalue weighted by Crippen LogP contribution is -2.51. The summed E-state index contributed by atoms with van der Waals surface area (Å²) >= 11 is 6.07. The fourth-order valence-electron chi connectivity index (χ4n) is 4.21. The van der Waals surface area contributed by atoms with E-state index in [9.17, 15) is 14.8 Å². The number of halogens is 2. The number of rotatable bonds is 10. The average molecular weight is 500 g/mol. The van der Waals surface area contributed by atoms with Gasteiger partial charge in [0.15, 0.2) is 11.6 Å². The Bertz CT molecular complexity index is 898. The van der Waals surface area contributed by atoms with Crippen LogP contribution in [0.5, 0.6) is 0 Å². The molecule has 1 aliphatic heterocycles. The number of likely N-dealkylation sites (N-methyl/N-ethyl adjacent to an activating group) is 1. The van der Waals surface area contributed by atoms with Gasteiger partial charge in [-0.2, -0.15) is 14.4 Å². The molecule has 2 fully saturated rings. The van der Waals surface area contributed by atoms with Crippen LogP contribution in [0.2, 0.25) is 5.28 Å². The number of ether oxygens (including phenoxy) is 1. The van der Waals surface area contributed by atoms with Gasteiger partial charge in [0.05, 0.1) is 25.8 Å². The second kappa shape index (κ2) is 12.2. The van der Waals surface area contributed by atoms with Crippen LogP contribution in [0.15, 0.2) is 11.6 Å². The summed E-state index contributed by atoms with van der Waals surface area (Å²) in [6.07, 6.45) is 5.90. The number of carbonyl (C=O) groups is 2. The number of anilines is 2. The Morgan fingerprint density at radius 2 is 2.09 bits per heavy atom. The monoisotopic (exact) mass is 499 g/mol. The molecule has 34 heavy (non-hydrogen) atoms. The van der Waals surface area contributed by atoms with Gasteiger partial charge in [-0.25, -0.2) is 5.06 Å². The van der Waals surface area contributed by atoms with Crippen molar-refractivity contribution in [3.05, 3.63) is 22.7 Å². The molecule has 2 amide bonds. The Morgan fingerprint density at radius 1 is 1.35 bits per heavy atom. The van der Waals surface area contributed by atoms with Gasteiger partial charge >= 0.3 is 0 Å². The molecule has 11 nitrogen and oxygen atoms in total. The number of nitrogens with zero attached hydrogens (tertiary/aromatic N) is 5. The zero-order chi connectivity index (χ0) is 24.7. The molecule has 1 aromatic rings. The van der Waals surface area contributed by atoms with Crippen molar-refractivity contribution in [2.45, 2.75) is 31.7 Å². The van der Waals surface area contributed by atoms with Crippen LogP contribution < -0.4 is 15.8 Å². The van der Waals surface area contributed by atoms with E-state index in [0.717, 1.165) is 25.7 Å². The molecule has 0 aromatic carbocycles. The lowest BCUT2D eigenvalue weighted by Gasteiger charge is -2.38. The summed E-state index contributed by atoms with van der Waals surface area (Å²) in [6, 6.07) is -0.147. The third-order valence-corrected chi connectivity index (χ3v) is 5.93. The van der Waals surface area contributed by atoms with Crippen molar-refractivity contribution < 1.29 is 23.9 Å². The quantitative estimate of drug-likeness (QED) is 0.144. The summed E-state index contributed by atoms with van der Waals surface area (Å²) in [6.45, 7) is 1.55. The molecule has 0 unspecified atom stereocenters. The first-order valence-electron chi connectivity index (χ1n) is 11.2. The Kier molecular flexibility index (Phi) is 9.39. The van der Waals surface area contributed by atoms with Crippen LogP contribution in [0.3, 0.4) is 0 Å². The van der Waals surface area contributed by atoms with Crippen LogP contribution in [-0.4, -0.2) is 90.4 Å². The molecule has 3 N–H and O–H groups in total. The van der Waals surface area contributed by atoms with E-state index in [-0.39, 0.29) is 47.4 Å². The van der Waals surface area contributed by atoms with E-state index in [1.165, 1.54) is 0 Å². The third-order valence-electron chi connectivity index (χ3n) is 5.76. The summed E-state index contributed by atoms with van der Waals surface area (Å²) in [5, 5.41) is 9.78. The van der Waals surface area contributed by atoms with Gasteiger partial charge in [0.25, 0.3) is 5.91 Å². The zero-order valence-electron chi connectivity index (χ0n) is 19.3. The molecule has 1 saturated carbocycles. The summed E-state index contributed by atoms with van der Waals surface area (Å²) in [4.78, 5) is 35.3. The first kappa shape index (κ1) is 26.1. The van der Waals surface area contributed by atoms with E-state index < -0.39 is 11.7 Å². The molecule has 2 heterocycles. The van der Waals surface area contributed by atoms with E-state index >= 15 is 4.39 Å². The van der Waals surface area contributed by atoms with E-state index in [4.69, 9.17) is 16.3 Å². The highest BCUT2D eigenvalue weighted by Gasteiger charge is 2.29. The number of hydrazine groups is 1. The van der Waals surface area contributed by atoms with Crippen LogP contribution in [0.4, 0.5) is 16.0 Å². The Labute approximate surface area is 202 Å². The Balaban J connectivity index is 1.77. The van der Waals surface area contributed by atoms with Crippen molar-refractivity contribution in [2.24, 2.45) is 5.92 Å². The van der Waals surface area contributed by atoms with Gasteiger partial charge in [-0.3, -0.25) is 25.6 Å². The normalized spacial score (nSPS) is 19.4. The molecule has 1 saturated heterocycles. The minimum Gasteiger partial charge on any atom is -0.377 e. The first-order valence-corrected chi connectivity index (χ1v) is 11.6. The maximum absolute atomic E-state index is 15.4. The predicted molar refractivity (Wildman–Crippen MR) is 124 cm³/mol. The number of hydrogen-bond acceptors (Lipinski definition) is 9. The fraction of sp³-hybridized carbons (Fsp3) is 0.619. The molecule has 1 aliphatic carbocycles. The molecule has 1 aromatic heterocycles. The minimum absolute atomic E-state index is 0.0103. The molecule has 188 valence electrons. The van der Waals surface area contributed by atoms with E-state index in [1.807, 2.05) is 19.0 Å². The van der Waals surface area contributed by atoms with Crippen LogP contribution in [0.25, 0.3) is 0 Å². The van der Waals surface area contributed by atoms with Crippen molar-refractivity contribution in [1.29, 1.82) is 0 Å². The molecule has 0 spiro atoms. The van der Waals surface area contributed by atoms with Crippen LogP contribution in [0.1, 0.15) is 25.7 Å². The number of morpholine rings is 1. The fourth-order valence-corrected chi connectivity index (χ4v) is 4.37. The number of nitrogens with one attached hydrogen (secondary N) is 2. The Hall–Kier alpha value is -2.54. The summed E-state index contributed by atoms with van der Waals surface area (Å²) in [5.41, 5.74) is 5.05. The van der Waals surface area contributed by atoms with Crippen molar-refractivity contribution in [1.82, 2.24) is 25.4 Å². The standard InChI is InChI=1S/C21H31ClFN7O4/c1-28(2)11-16-12-34-8-7-30(16)19-17(23)18(24-21(22)25-19)26-27-20(32)15(10-29(33)13-31)9-14-5-3-4-6-14/h9,13-14,16,33H,3-8,10-12H2,1-2H3,(H,27,32)(H,24,25,26)/b15-9-/t16-/m1/s1. The number of allylic oxidation sites excluding steroid dienone is 1. The molecule has 3 rings (SSSR count).